The van der Waals surface area contributed by atoms with Crippen LogP contribution in [0.4, 0.5) is 0 Å². The molecular weight excluding hydrogens is 367 g/mol. The molecule has 0 radical (unpaired) electrons. The lowest BCUT2D eigenvalue weighted by Crippen LogP contribution is -2.11. The summed E-state index contributed by atoms with van der Waals surface area (Å²) in [6, 6.07) is 22.2. The van der Waals surface area contributed by atoms with E-state index < -0.39 is 0 Å². The van der Waals surface area contributed by atoms with E-state index >= 15 is 0 Å². The quantitative estimate of drug-likeness (QED) is 0.413. The lowest BCUT2D eigenvalue weighted by atomic mass is 10.1. The van der Waals surface area contributed by atoms with Gasteiger partial charge in [0, 0.05) is 16.1 Å². The fraction of sp³-hybridized carbons (Fsp3) is 0.0476. The highest BCUT2D eigenvalue weighted by atomic mass is 35.5. The van der Waals surface area contributed by atoms with Crippen LogP contribution >= 0.6 is 23.2 Å². The Kier molecular flexibility index (Phi) is 4.49. The van der Waals surface area contributed by atoms with Crippen LogP contribution in [0, 0.1) is 0 Å². The van der Waals surface area contributed by atoms with E-state index in [4.69, 9.17) is 28.2 Å². The maximum atomic E-state index is 12.8. The van der Waals surface area contributed by atoms with Gasteiger partial charge >= 0.3 is 0 Å². The zero-order valence-corrected chi connectivity index (χ0v) is 15.2. The fourth-order valence-electron chi connectivity index (χ4n) is 2.97. The van der Waals surface area contributed by atoms with Gasteiger partial charge in [0.25, 0.3) is 0 Å². The summed E-state index contributed by atoms with van der Waals surface area (Å²) in [5, 5.41) is 1.06. The molecule has 1 aromatic heterocycles. The van der Waals surface area contributed by atoms with Crippen LogP contribution in [0.1, 0.15) is 10.4 Å². The fourth-order valence-corrected chi connectivity index (χ4v) is 3.46. The number of nitrogens with zero attached hydrogens (tertiary/aromatic N) is 2. The number of aromatic nitrogens is 2. The zero-order valence-electron chi connectivity index (χ0n) is 13.7. The molecule has 0 aliphatic carbocycles. The average Bonchev–Trinajstić information content (AvgIpc) is 3.01. The molecule has 0 aliphatic heterocycles. The standard InChI is InChI=1S/C21H14Cl2N2O/c22-15-10-11-16(17(23)12-15)21-24-18-8-4-5-9-19(18)25(21)13-20(26)14-6-2-1-3-7-14/h1-12H,13H2. The Morgan fingerprint density at radius 1 is 0.923 bits per heavy atom. The largest absolute Gasteiger partial charge is 0.316 e. The van der Waals surface area contributed by atoms with Crippen LogP contribution in [0.5, 0.6) is 0 Å². The van der Waals surface area contributed by atoms with Crippen LogP contribution < -0.4 is 0 Å². The van der Waals surface area contributed by atoms with E-state index in [1.807, 2.05) is 65.2 Å². The van der Waals surface area contributed by atoms with Gasteiger partial charge in [0.05, 0.1) is 22.6 Å². The molecule has 4 aromatic rings. The summed E-state index contributed by atoms with van der Waals surface area (Å²) in [4.78, 5) is 17.5. The summed E-state index contributed by atoms with van der Waals surface area (Å²) in [6.45, 7) is 0.179. The van der Waals surface area contributed by atoms with E-state index in [0.29, 0.717) is 21.4 Å². The molecular formula is C21H14Cl2N2O. The number of hydrogen-bond donors (Lipinski definition) is 0. The van der Waals surface area contributed by atoms with E-state index in [0.717, 1.165) is 16.6 Å². The Hall–Kier alpha value is -2.62. The highest BCUT2D eigenvalue weighted by Gasteiger charge is 2.18. The van der Waals surface area contributed by atoms with Crippen LogP contribution in [-0.2, 0) is 6.54 Å². The summed E-state index contributed by atoms with van der Waals surface area (Å²) in [5.74, 6) is 0.664. The molecule has 0 saturated heterocycles. The Bertz CT molecular complexity index is 1100. The molecule has 3 aromatic carbocycles. The molecule has 0 amide bonds. The number of imidazole rings is 1. The van der Waals surface area contributed by atoms with Crippen molar-refractivity contribution in [2.75, 3.05) is 0 Å². The number of para-hydroxylation sites is 2. The van der Waals surface area contributed by atoms with Crippen molar-refractivity contribution in [3.8, 4) is 11.4 Å². The van der Waals surface area contributed by atoms with Crippen molar-refractivity contribution < 1.29 is 4.79 Å². The Morgan fingerprint density at radius 2 is 1.65 bits per heavy atom. The third kappa shape index (κ3) is 3.12. The van der Waals surface area contributed by atoms with Gasteiger partial charge < -0.3 is 4.57 Å². The second kappa shape index (κ2) is 6.94. The van der Waals surface area contributed by atoms with Crippen LogP contribution in [-0.4, -0.2) is 15.3 Å². The van der Waals surface area contributed by atoms with Gasteiger partial charge in [-0.3, -0.25) is 4.79 Å². The number of Topliss-reactive ketones (excluding diaryl/α,β-unsaturated/α-hetero) is 1. The van der Waals surface area contributed by atoms with Crippen molar-refractivity contribution in [3.63, 3.8) is 0 Å². The van der Waals surface area contributed by atoms with Gasteiger partial charge in [0.15, 0.2) is 5.78 Å². The Morgan fingerprint density at radius 3 is 2.42 bits per heavy atom. The Labute approximate surface area is 160 Å². The molecule has 0 aliphatic rings. The lowest BCUT2D eigenvalue weighted by Gasteiger charge is -2.10. The van der Waals surface area contributed by atoms with Crippen molar-refractivity contribution in [2.24, 2.45) is 0 Å². The average molecular weight is 381 g/mol. The first-order valence-electron chi connectivity index (χ1n) is 8.12. The van der Waals surface area contributed by atoms with Crippen molar-refractivity contribution in [3.05, 3.63) is 88.4 Å². The summed E-state index contributed by atoms with van der Waals surface area (Å²) < 4.78 is 1.90. The molecule has 4 rings (SSSR count). The second-order valence-electron chi connectivity index (χ2n) is 5.92. The molecule has 0 atom stereocenters. The highest BCUT2D eigenvalue weighted by Crippen LogP contribution is 2.32. The maximum absolute atomic E-state index is 12.8. The summed E-state index contributed by atoms with van der Waals surface area (Å²) in [6.07, 6.45) is 0. The zero-order chi connectivity index (χ0) is 18.1. The molecule has 128 valence electrons. The van der Waals surface area contributed by atoms with Crippen LogP contribution in [0.2, 0.25) is 10.0 Å². The molecule has 3 nitrogen and oxygen atoms in total. The molecule has 0 fully saturated rings. The number of fused-ring (bicyclic) bond motifs is 1. The van der Waals surface area contributed by atoms with Crippen molar-refractivity contribution in [2.45, 2.75) is 6.54 Å². The highest BCUT2D eigenvalue weighted by molar-refractivity contribution is 6.36. The first-order valence-corrected chi connectivity index (χ1v) is 8.88. The first kappa shape index (κ1) is 16.8. The maximum Gasteiger partial charge on any atom is 0.182 e. The molecule has 26 heavy (non-hydrogen) atoms. The van der Waals surface area contributed by atoms with E-state index in [1.165, 1.54) is 0 Å². The molecule has 0 N–H and O–H groups in total. The van der Waals surface area contributed by atoms with Crippen LogP contribution in [0.15, 0.2) is 72.8 Å². The minimum absolute atomic E-state index is 0.0140. The number of carbonyl (C=O) groups is 1. The van der Waals surface area contributed by atoms with E-state index in [-0.39, 0.29) is 12.3 Å². The van der Waals surface area contributed by atoms with Gasteiger partial charge in [-0.15, -0.1) is 0 Å². The first-order chi connectivity index (χ1) is 12.6. The number of ketones is 1. The molecule has 0 saturated carbocycles. The molecule has 0 unspecified atom stereocenters. The number of benzene rings is 3. The normalized spacial score (nSPS) is 11.0. The monoisotopic (exact) mass is 380 g/mol. The second-order valence-corrected chi connectivity index (χ2v) is 6.77. The minimum Gasteiger partial charge on any atom is -0.316 e. The van der Waals surface area contributed by atoms with Crippen LogP contribution in [0.25, 0.3) is 22.4 Å². The molecule has 5 heteroatoms. The predicted octanol–water partition coefficient (Wildman–Crippen LogP) is 5.89. The van der Waals surface area contributed by atoms with E-state index in [1.54, 1.807) is 12.1 Å². The van der Waals surface area contributed by atoms with Gasteiger partial charge in [0.2, 0.25) is 0 Å². The number of halogens is 2. The van der Waals surface area contributed by atoms with Gasteiger partial charge in [-0.25, -0.2) is 4.98 Å². The van der Waals surface area contributed by atoms with Crippen molar-refractivity contribution in [1.29, 1.82) is 0 Å². The Balaban J connectivity index is 1.86. The summed E-state index contributed by atoms with van der Waals surface area (Å²) in [7, 11) is 0. The lowest BCUT2D eigenvalue weighted by molar-refractivity contribution is 0.0974. The third-order valence-electron chi connectivity index (χ3n) is 4.22. The van der Waals surface area contributed by atoms with Crippen LogP contribution in [0.3, 0.4) is 0 Å². The van der Waals surface area contributed by atoms with Gasteiger partial charge in [0.1, 0.15) is 5.82 Å². The van der Waals surface area contributed by atoms with Crippen molar-refractivity contribution >= 4 is 40.0 Å². The number of rotatable bonds is 4. The topological polar surface area (TPSA) is 34.9 Å². The minimum atomic E-state index is 0.0140. The van der Waals surface area contributed by atoms with E-state index in [2.05, 4.69) is 0 Å². The summed E-state index contributed by atoms with van der Waals surface area (Å²) >= 11 is 12.4. The molecule has 0 bridgehead atoms. The SMILES string of the molecule is O=C(Cn1c(-c2ccc(Cl)cc2Cl)nc2ccccc21)c1ccccc1. The third-order valence-corrected chi connectivity index (χ3v) is 4.77. The number of carbonyl (C=O) groups excluding carboxylic acids is 1. The number of hydrogen-bond acceptors (Lipinski definition) is 2. The summed E-state index contributed by atoms with van der Waals surface area (Å²) in [5.41, 5.74) is 3.11. The predicted molar refractivity (Wildman–Crippen MR) is 106 cm³/mol. The van der Waals surface area contributed by atoms with Gasteiger partial charge in [-0.05, 0) is 30.3 Å². The molecule has 1 heterocycles. The van der Waals surface area contributed by atoms with Gasteiger partial charge in [-0.2, -0.15) is 0 Å². The van der Waals surface area contributed by atoms with Gasteiger partial charge in [-0.1, -0.05) is 65.7 Å². The molecule has 0 spiro atoms. The van der Waals surface area contributed by atoms with E-state index in [9.17, 15) is 4.79 Å². The van der Waals surface area contributed by atoms with Crippen molar-refractivity contribution in [1.82, 2.24) is 9.55 Å². The smallest absolute Gasteiger partial charge is 0.182 e.